The van der Waals surface area contributed by atoms with E-state index in [4.69, 9.17) is 24.2 Å². The van der Waals surface area contributed by atoms with Crippen LogP contribution in [0.15, 0.2) is 58.9 Å². The fraction of sp³-hybridized carbons (Fsp3) is 0.414. The van der Waals surface area contributed by atoms with E-state index >= 15 is 0 Å². The highest BCUT2D eigenvalue weighted by atomic mass is 32.7. The number of carbonyl (C=O) groups is 1. The van der Waals surface area contributed by atoms with Gasteiger partial charge in [0, 0.05) is 40.8 Å². The van der Waals surface area contributed by atoms with Crippen LogP contribution >= 0.6 is 56.9 Å². The van der Waals surface area contributed by atoms with Gasteiger partial charge in [-0.25, -0.2) is 9.98 Å². The Labute approximate surface area is 269 Å². The molecule has 2 fully saturated rings. The molecule has 0 bridgehead atoms. The third kappa shape index (κ3) is 7.90. The van der Waals surface area contributed by atoms with Crippen molar-refractivity contribution >= 4 is 73.8 Å². The molecule has 1 spiro atoms. The minimum atomic E-state index is -0.617. The van der Waals surface area contributed by atoms with E-state index in [1.54, 1.807) is 37.3 Å². The normalized spacial score (nSPS) is 21.9. The van der Waals surface area contributed by atoms with E-state index in [1.165, 1.54) is 6.42 Å². The van der Waals surface area contributed by atoms with Crippen molar-refractivity contribution in [3.8, 4) is 11.5 Å². The molecule has 0 radical (unpaired) electrons. The molecular formula is C29H38N4O4P4S2. The summed E-state index contributed by atoms with van der Waals surface area (Å²) in [5.74, 6) is 3.29. The van der Waals surface area contributed by atoms with Gasteiger partial charge in [0.15, 0.2) is 5.17 Å². The van der Waals surface area contributed by atoms with Crippen molar-refractivity contribution in [3.05, 3.63) is 70.0 Å². The van der Waals surface area contributed by atoms with Crippen LogP contribution in [0, 0.1) is 5.92 Å². The van der Waals surface area contributed by atoms with Crippen molar-refractivity contribution in [1.82, 2.24) is 10.3 Å². The first-order chi connectivity index (χ1) is 20.8. The topological polar surface area (TPSA) is 94.1 Å². The number of thiazole rings is 1. The van der Waals surface area contributed by atoms with Gasteiger partial charge in [0.05, 0.1) is 26.4 Å². The summed E-state index contributed by atoms with van der Waals surface area (Å²) in [4.78, 5) is 23.1. The molecule has 1 amide bonds. The number of amides is 1. The average molecular weight is 695 g/mol. The molecule has 1 saturated heterocycles. The fourth-order valence-electron chi connectivity index (χ4n) is 5.54. The van der Waals surface area contributed by atoms with Crippen LogP contribution in [-0.2, 0) is 16.8 Å². The zero-order valence-corrected chi connectivity index (χ0v) is 30.2. The first-order valence-corrected chi connectivity index (χ1v) is 22.0. The van der Waals surface area contributed by atoms with Crippen LogP contribution < -0.4 is 20.1 Å². The maximum absolute atomic E-state index is 12.9. The van der Waals surface area contributed by atoms with Gasteiger partial charge in [-0.1, -0.05) is 30.0 Å². The lowest BCUT2D eigenvalue weighted by molar-refractivity contribution is -0.169. The number of thioether (sulfide) groups is 1. The van der Waals surface area contributed by atoms with Crippen molar-refractivity contribution in [3.63, 3.8) is 0 Å². The highest BCUT2D eigenvalue weighted by Crippen LogP contribution is 2.60. The maximum Gasteiger partial charge on any atom is 0.257 e. The second-order valence-electron chi connectivity index (χ2n) is 10.7. The van der Waals surface area contributed by atoms with E-state index in [2.05, 4.69) is 37.4 Å². The fourth-order valence-corrected chi connectivity index (χ4v) is 7.67. The van der Waals surface area contributed by atoms with Crippen molar-refractivity contribution in [1.29, 1.82) is 0 Å². The number of carbonyl (C=O) groups excluding carboxylic acids is 1. The predicted octanol–water partition coefficient (Wildman–Crippen LogP) is 7.30. The van der Waals surface area contributed by atoms with Gasteiger partial charge < -0.3 is 24.8 Å². The van der Waals surface area contributed by atoms with Gasteiger partial charge in [-0.15, -0.1) is 38.1 Å². The lowest BCUT2D eigenvalue weighted by Crippen LogP contribution is -2.57. The number of hydrogen-bond donors (Lipinski definition) is 2. The Morgan fingerprint density at radius 1 is 1.14 bits per heavy atom. The molecule has 3 aliphatic rings. The van der Waals surface area contributed by atoms with E-state index in [0.29, 0.717) is 23.9 Å². The molecule has 3 unspecified atom stereocenters. The van der Waals surface area contributed by atoms with Crippen LogP contribution in [0.2, 0.25) is 0 Å². The lowest BCUT2D eigenvalue weighted by Gasteiger charge is -2.54. The number of benzene rings is 2. The first kappa shape index (κ1) is 33.0. The number of nitrogens with one attached hydrogen (secondary N) is 2. The third-order valence-electron chi connectivity index (χ3n) is 7.96. The van der Waals surface area contributed by atoms with Crippen molar-refractivity contribution in [2.24, 2.45) is 10.9 Å². The molecule has 2 N–H and O–H groups in total. The largest absolute Gasteiger partial charge is 0.497 e. The van der Waals surface area contributed by atoms with E-state index in [1.807, 2.05) is 53.9 Å². The smallest absolute Gasteiger partial charge is 0.257 e. The summed E-state index contributed by atoms with van der Waals surface area (Å²) in [5, 5.41) is 10.1. The van der Waals surface area contributed by atoms with Crippen LogP contribution in [0.25, 0.3) is 0 Å². The van der Waals surface area contributed by atoms with Crippen LogP contribution in [0.1, 0.15) is 46.6 Å². The Morgan fingerprint density at radius 3 is 2.58 bits per heavy atom. The Hall–Kier alpha value is -1.36. The van der Waals surface area contributed by atoms with E-state index in [-0.39, 0.29) is 24.4 Å². The summed E-state index contributed by atoms with van der Waals surface area (Å²) in [6.07, 6.45) is 4.41. The summed E-state index contributed by atoms with van der Waals surface area (Å²) in [6, 6.07) is 15.0. The van der Waals surface area contributed by atoms with Crippen LogP contribution in [0.4, 0.5) is 5.82 Å². The number of aliphatic imine (C=N–C) groups is 1. The molecule has 2 aliphatic heterocycles. The molecule has 8 nitrogen and oxygen atoms in total. The quantitative estimate of drug-likeness (QED) is 0.251. The number of hydrogen-bond acceptors (Lipinski definition) is 9. The summed E-state index contributed by atoms with van der Waals surface area (Å²) in [5.41, 5.74) is 0.987. The van der Waals surface area contributed by atoms with E-state index < -0.39 is 5.54 Å². The summed E-state index contributed by atoms with van der Waals surface area (Å²) >= 11 is 3.21. The number of rotatable bonds is 7. The number of methoxy groups -OCH3 is 2. The molecular weight excluding hydrogens is 656 g/mol. The second kappa shape index (κ2) is 14.8. The van der Waals surface area contributed by atoms with Crippen LogP contribution in [0.5, 0.6) is 11.5 Å². The number of nitrogens with zero attached hydrogens (tertiary/aromatic N) is 2. The number of amidine groups is 1. The highest BCUT2D eigenvalue weighted by molar-refractivity contribution is 8.65. The van der Waals surface area contributed by atoms with Gasteiger partial charge in [0.1, 0.15) is 27.9 Å². The van der Waals surface area contributed by atoms with Gasteiger partial charge in [0.25, 0.3) is 5.91 Å². The summed E-state index contributed by atoms with van der Waals surface area (Å²) in [6.45, 7) is 1.16. The molecule has 6 rings (SSSR count). The lowest BCUT2D eigenvalue weighted by atomic mass is 9.67. The first-order valence-electron chi connectivity index (χ1n) is 13.9. The number of ether oxygens (including phenoxy) is 3. The molecule has 5 atom stereocenters. The molecule has 43 heavy (non-hydrogen) atoms. The molecule has 14 heteroatoms. The molecule has 1 aliphatic carbocycles. The average Bonchev–Trinajstić information content (AvgIpc) is 3.49. The maximum atomic E-state index is 12.9. The monoisotopic (exact) mass is 694 g/mol. The molecule has 1 aromatic heterocycles. The SMILES string of the molecule is COc1ccc(CNc2csc([C@]34COC5(CCC5)C[C@H]3CSC(NC(=O)c3ccccc3)=N4)n2)c(OC)c1.PP(P)P. The Balaban J connectivity index is 0.000000868. The molecule has 1 saturated carbocycles. The van der Waals surface area contributed by atoms with E-state index in [9.17, 15) is 4.79 Å². The third-order valence-corrected chi connectivity index (χ3v) is 10.0. The Bertz CT molecular complexity index is 1440. The van der Waals surface area contributed by atoms with Gasteiger partial charge in [-0.2, -0.15) is 0 Å². The Kier molecular flexibility index (Phi) is 11.4. The minimum Gasteiger partial charge on any atom is -0.497 e. The molecule has 230 valence electrons. The minimum absolute atomic E-state index is 0.0156. The van der Waals surface area contributed by atoms with Crippen molar-refractivity contribution in [2.75, 3.05) is 31.9 Å². The zero-order valence-electron chi connectivity index (χ0n) is 24.2. The van der Waals surface area contributed by atoms with Gasteiger partial charge in [0.2, 0.25) is 0 Å². The Morgan fingerprint density at radius 2 is 1.91 bits per heavy atom. The standard InChI is InChI=1S/C29H32N4O4S2.H6P4/c1-35-22-10-9-20(23(13-22)36-2)15-30-24-17-38-26(31-24)29-18-37-28(11-6-12-28)14-21(29)16-39-27(33-29)32-25(34)19-7-4-3-5-8-19;1-4(2)3/h3-5,7-10,13,17,21,30H,6,11-12,14-16,18H2,1-2H3,(H,32,33,34);1-3H2/t21-,29-;/m0./s1. The zero-order chi connectivity index (χ0) is 30.5. The van der Waals surface area contributed by atoms with E-state index in [0.717, 1.165) is 52.9 Å². The van der Waals surface area contributed by atoms with Gasteiger partial charge >= 0.3 is 0 Å². The summed E-state index contributed by atoms with van der Waals surface area (Å²) < 4.78 is 17.4. The molecule has 2 aromatic carbocycles. The van der Waals surface area contributed by atoms with Gasteiger partial charge in [-0.3, -0.25) is 4.79 Å². The number of anilines is 1. The van der Waals surface area contributed by atoms with Crippen LogP contribution in [0.3, 0.4) is 0 Å². The highest BCUT2D eigenvalue weighted by Gasteiger charge is 2.56. The predicted molar refractivity (Wildman–Crippen MR) is 191 cm³/mol. The van der Waals surface area contributed by atoms with Crippen molar-refractivity contribution in [2.45, 2.75) is 43.4 Å². The van der Waals surface area contributed by atoms with Crippen molar-refractivity contribution < 1.29 is 19.0 Å². The molecule has 3 aromatic rings. The number of aromatic nitrogens is 1. The molecule has 3 heterocycles. The van der Waals surface area contributed by atoms with Gasteiger partial charge in [-0.05, 0) is 56.9 Å². The number of fused-ring (bicyclic) bond motifs is 1. The summed E-state index contributed by atoms with van der Waals surface area (Å²) in [7, 11) is 11.2. The van der Waals surface area contributed by atoms with Crippen LogP contribution in [-0.4, -0.2) is 48.2 Å². The second-order valence-corrected chi connectivity index (χ2v) is 24.2.